The Morgan fingerprint density at radius 1 is 1.59 bits per heavy atom. The van der Waals surface area contributed by atoms with Crippen molar-refractivity contribution in [3.63, 3.8) is 0 Å². The van der Waals surface area contributed by atoms with Gasteiger partial charge in [0.2, 0.25) is 0 Å². The van der Waals surface area contributed by atoms with E-state index < -0.39 is 0 Å². The third-order valence-corrected chi connectivity index (χ3v) is 5.23. The van der Waals surface area contributed by atoms with E-state index in [9.17, 15) is 4.79 Å². The number of carbonyl (C=O) groups is 1. The topological polar surface area (TPSA) is 41.1 Å². The minimum atomic E-state index is 0.0577. The fourth-order valence-electron chi connectivity index (χ4n) is 1.98. The molecule has 5 heteroatoms. The molecule has 1 aliphatic rings. The van der Waals surface area contributed by atoms with E-state index in [2.05, 4.69) is 26.6 Å². The molecule has 0 saturated carbocycles. The van der Waals surface area contributed by atoms with Gasteiger partial charge in [-0.3, -0.25) is 4.79 Å². The van der Waals surface area contributed by atoms with Crippen LogP contribution >= 0.6 is 27.3 Å². The summed E-state index contributed by atoms with van der Waals surface area (Å²) < 4.78 is 1.05. The van der Waals surface area contributed by atoms with E-state index >= 15 is 0 Å². The summed E-state index contributed by atoms with van der Waals surface area (Å²) in [5.41, 5.74) is 1.13. The molecule has 1 aromatic heterocycles. The number of hydrogen-bond acceptors (Lipinski definition) is 3. The number of amides is 1. The number of rotatable bonds is 3. The number of aryl methyl sites for hydroxylation is 1. The van der Waals surface area contributed by atoms with Crippen LogP contribution in [0.4, 0.5) is 0 Å². The van der Waals surface area contributed by atoms with Crippen molar-refractivity contribution >= 4 is 33.2 Å². The highest BCUT2D eigenvalue weighted by atomic mass is 79.9. The van der Waals surface area contributed by atoms with Crippen LogP contribution < -0.4 is 10.6 Å². The first-order chi connectivity index (χ1) is 8.16. The normalized spacial score (nSPS) is 17.1. The van der Waals surface area contributed by atoms with Gasteiger partial charge in [-0.2, -0.15) is 0 Å². The molecule has 1 saturated heterocycles. The van der Waals surface area contributed by atoms with Gasteiger partial charge in [-0.25, -0.2) is 0 Å². The average molecular weight is 317 g/mol. The number of piperidine rings is 1. The lowest BCUT2D eigenvalue weighted by Gasteiger charge is -2.22. The van der Waals surface area contributed by atoms with Crippen molar-refractivity contribution in [2.45, 2.75) is 19.8 Å². The second kappa shape index (κ2) is 5.98. The van der Waals surface area contributed by atoms with E-state index in [1.54, 1.807) is 0 Å². The van der Waals surface area contributed by atoms with Crippen LogP contribution in [0.1, 0.15) is 28.1 Å². The Labute approximate surface area is 114 Å². The van der Waals surface area contributed by atoms with Crippen LogP contribution in [-0.4, -0.2) is 25.5 Å². The van der Waals surface area contributed by atoms with Crippen LogP contribution in [0.15, 0.2) is 9.85 Å². The van der Waals surface area contributed by atoms with Crippen LogP contribution in [0.2, 0.25) is 0 Å². The van der Waals surface area contributed by atoms with Gasteiger partial charge in [-0.15, -0.1) is 11.3 Å². The van der Waals surface area contributed by atoms with E-state index in [-0.39, 0.29) is 5.91 Å². The largest absolute Gasteiger partial charge is 0.351 e. The molecule has 0 unspecified atom stereocenters. The van der Waals surface area contributed by atoms with Gasteiger partial charge >= 0.3 is 0 Å². The zero-order valence-electron chi connectivity index (χ0n) is 9.88. The number of carbonyl (C=O) groups excluding carboxylic acids is 1. The van der Waals surface area contributed by atoms with Gasteiger partial charge in [0, 0.05) is 6.54 Å². The summed E-state index contributed by atoms with van der Waals surface area (Å²) in [6.07, 6.45) is 2.32. The van der Waals surface area contributed by atoms with Crippen LogP contribution in [0.3, 0.4) is 0 Å². The van der Waals surface area contributed by atoms with Crippen molar-refractivity contribution in [1.29, 1.82) is 0 Å². The maximum Gasteiger partial charge on any atom is 0.261 e. The van der Waals surface area contributed by atoms with Crippen LogP contribution in [0.25, 0.3) is 0 Å². The first-order valence-corrected chi connectivity index (χ1v) is 7.52. The summed E-state index contributed by atoms with van der Waals surface area (Å²) in [6, 6.07) is 1.94. The lowest BCUT2D eigenvalue weighted by molar-refractivity contribution is 0.0948. The van der Waals surface area contributed by atoms with Crippen molar-refractivity contribution in [2.75, 3.05) is 19.6 Å². The number of thiophene rings is 1. The molecule has 0 bridgehead atoms. The third-order valence-electron chi connectivity index (χ3n) is 3.09. The molecule has 1 aromatic rings. The molecule has 0 radical (unpaired) electrons. The van der Waals surface area contributed by atoms with E-state index in [1.165, 1.54) is 11.3 Å². The molecule has 0 aliphatic carbocycles. The van der Waals surface area contributed by atoms with Gasteiger partial charge in [-0.1, -0.05) is 0 Å². The Kier molecular flexibility index (Phi) is 4.59. The quantitative estimate of drug-likeness (QED) is 0.899. The Morgan fingerprint density at radius 3 is 2.88 bits per heavy atom. The van der Waals surface area contributed by atoms with E-state index in [0.29, 0.717) is 5.92 Å². The van der Waals surface area contributed by atoms with Gasteiger partial charge in [0.25, 0.3) is 5.91 Å². The second-order valence-corrected chi connectivity index (χ2v) is 6.84. The van der Waals surface area contributed by atoms with E-state index in [4.69, 9.17) is 0 Å². The molecule has 1 fully saturated rings. The molecular formula is C12H17BrN2OS. The molecule has 2 N–H and O–H groups in total. The number of hydrogen-bond donors (Lipinski definition) is 2. The molecule has 2 rings (SSSR count). The van der Waals surface area contributed by atoms with Crippen LogP contribution in [0, 0.1) is 12.8 Å². The van der Waals surface area contributed by atoms with E-state index in [1.807, 2.05) is 13.0 Å². The molecule has 1 amide bonds. The highest BCUT2D eigenvalue weighted by Gasteiger charge is 2.16. The molecule has 94 valence electrons. The predicted octanol–water partition coefficient (Wildman–Crippen LogP) is 2.55. The summed E-state index contributed by atoms with van der Waals surface area (Å²) in [7, 11) is 0. The summed E-state index contributed by atoms with van der Waals surface area (Å²) in [6.45, 7) is 4.95. The van der Waals surface area contributed by atoms with Crippen LogP contribution in [-0.2, 0) is 0 Å². The van der Waals surface area contributed by atoms with Crippen molar-refractivity contribution in [2.24, 2.45) is 5.92 Å². The Hall–Kier alpha value is -0.390. The molecule has 1 aliphatic heterocycles. The van der Waals surface area contributed by atoms with Gasteiger partial charge in [0.05, 0.1) is 8.66 Å². The Morgan fingerprint density at radius 2 is 2.29 bits per heavy atom. The lowest BCUT2D eigenvalue weighted by atomic mass is 9.98. The van der Waals surface area contributed by atoms with Gasteiger partial charge < -0.3 is 10.6 Å². The number of halogens is 1. The highest BCUT2D eigenvalue weighted by Crippen LogP contribution is 2.27. The maximum atomic E-state index is 11.9. The molecule has 3 nitrogen and oxygen atoms in total. The van der Waals surface area contributed by atoms with Crippen LogP contribution in [0.5, 0.6) is 0 Å². The monoisotopic (exact) mass is 316 g/mol. The molecule has 0 spiro atoms. The lowest BCUT2D eigenvalue weighted by Crippen LogP contribution is -2.35. The first kappa shape index (κ1) is 13.1. The maximum absolute atomic E-state index is 11.9. The fraction of sp³-hybridized carbons (Fsp3) is 0.583. The SMILES string of the molecule is Cc1cc(C(=O)NCC2CCNCC2)sc1Br. The third kappa shape index (κ3) is 3.53. The molecule has 2 heterocycles. The summed E-state index contributed by atoms with van der Waals surface area (Å²) >= 11 is 4.94. The fourth-order valence-corrected chi connectivity index (χ4v) is 3.43. The zero-order chi connectivity index (χ0) is 12.3. The van der Waals surface area contributed by atoms with Crippen molar-refractivity contribution < 1.29 is 4.79 Å². The highest BCUT2D eigenvalue weighted by molar-refractivity contribution is 9.11. The second-order valence-electron chi connectivity index (χ2n) is 4.47. The van der Waals surface area contributed by atoms with Gasteiger partial charge in [-0.05, 0) is 66.3 Å². The van der Waals surface area contributed by atoms with Crippen molar-refractivity contribution in [3.8, 4) is 0 Å². The zero-order valence-corrected chi connectivity index (χ0v) is 12.3. The Bertz CT molecular complexity index is 380. The van der Waals surface area contributed by atoms with Crippen molar-refractivity contribution in [1.82, 2.24) is 10.6 Å². The Balaban J connectivity index is 1.84. The van der Waals surface area contributed by atoms with E-state index in [0.717, 1.165) is 46.7 Å². The first-order valence-electron chi connectivity index (χ1n) is 5.91. The smallest absolute Gasteiger partial charge is 0.261 e. The average Bonchev–Trinajstić information content (AvgIpc) is 2.68. The molecule has 0 aromatic carbocycles. The summed E-state index contributed by atoms with van der Waals surface area (Å²) in [5.74, 6) is 0.687. The predicted molar refractivity (Wildman–Crippen MR) is 74.7 cm³/mol. The standard InChI is InChI=1S/C12H17BrN2OS/c1-8-6-10(17-11(8)13)12(16)15-7-9-2-4-14-5-3-9/h6,9,14H,2-5,7H2,1H3,(H,15,16). The van der Waals surface area contributed by atoms with Crippen molar-refractivity contribution in [3.05, 3.63) is 20.3 Å². The number of nitrogens with one attached hydrogen (secondary N) is 2. The summed E-state index contributed by atoms with van der Waals surface area (Å²) in [4.78, 5) is 12.7. The van der Waals surface area contributed by atoms with Gasteiger partial charge in [0.15, 0.2) is 0 Å². The molecule has 0 atom stereocenters. The minimum Gasteiger partial charge on any atom is -0.351 e. The molecular weight excluding hydrogens is 300 g/mol. The minimum absolute atomic E-state index is 0.0577. The molecule has 17 heavy (non-hydrogen) atoms. The summed E-state index contributed by atoms with van der Waals surface area (Å²) in [5, 5.41) is 6.36. The van der Waals surface area contributed by atoms with Gasteiger partial charge in [0.1, 0.15) is 0 Å².